The number of aliphatic imine (C=N–C) groups is 1. The van der Waals surface area contributed by atoms with Crippen molar-refractivity contribution in [1.29, 1.82) is 0 Å². The fourth-order valence-corrected chi connectivity index (χ4v) is 3.50. The number of likely N-dealkylation sites (tertiary alicyclic amines) is 1. The molecule has 0 bridgehead atoms. The molecule has 1 unspecified atom stereocenters. The minimum atomic E-state index is 0.511. The predicted molar refractivity (Wildman–Crippen MR) is 114 cm³/mol. The van der Waals surface area contributed by atoms with Crippen LogP contribution in [0.15, 0.2) is 23.2 Å². The molecule has 1 saturated heterocycles. The van der Waals surface area contributed by atoms with Crippen LogP contribution in [0.25, 0.3) is 0 Å². The Morgan fingerprint density at radius 2 is 2.00 bits per heavy atom. The third-order valence-corrected chi connectivity index (χ3v) is 5.04. The van der Waals surface area contributed by atoms with Crippen LogP contribution in [0, 0.1) is 0 Å². The number of hydrogen-bond donors (Lipinski definition) is 2. The third-order valence-electron chi connectivity index (χ3n) is 5.04. The normalized spacial score (nSPS) is 17.6. The molecular weight excluding hydrogens is 356 g/mol. The van der Waals surface area contributed by atoms with Crippen molar-refractivity contribution < 1.29 is 14.2 Å². The van der Waals surface area contributed by atoms with Crippen LogP contribution >= 0.6 is 0 Å². The molecule has 1 heterocycles. The van der Waals surface area contributed by atoms with E-state index < -0.39 is 0 Å². The summed E-state index contributed by atoms with van der Waals surface area (Å²) in [7, 11) is 5.07. The van der Waals surface area contributed by atoms with Gasteiger partial charge in [0.1, 0.15) is 0 Å². The minimum absolute atomic E-state index is 0.511. The third kappa shape index (κ3) is 6.87. The van der Waals surface area contributed by atoms with Gasteiger partial charge in [0.25, 0.3) is 0 Å². The average Bonchev–Trinajstić information content (AvgIpc) is 3.17. The summed E-state index contributed by atoms with van der Waals surface area (Å²) in [5.74, 6) is 2.39. The Labute approximate surface area is 169 Å². The Morgan fingerprint density at radius 1 is 1.18 bits per heavy atom. The first-order chi connectivity index (χ1) is 13.7. The van der Waals surface area contributed by atoms with Gasteiger partial charge in [0.05, 0.1) is 27.4 Å². The van der Waals surface area contributed by atoms with Gasteiger partial charge in [0.2, 0.25) is 0 Å². The summed E-state index contributed by atoms with van der Waals surface area (Å²) in [5.41, 5.74) is 1.20. The van der Waals surface area contributed by atoms with Gasteiger partial charge in [0.15, 0.2) is 17.5 Å². The Bertz CT molecular complexity index is 609. The molecule has 7 nitrogen and oxygen atoms in total. The fourth-order valence-electron chi connectivity index (χ4n) is 3.50. The quantitative estimate of drug-likeness (QED) is 0.443. The molecule has 0 saturated carbocycles. The monoisotopic (exact) mass is 392 g/mol. The molecule has 1 fully saturated rings. The molecular formula is C21H36N4O3. The van der Waals surface area contributed by atoms with Crippen molar-refractivity contribution in [2.24, 2.45) is 4.99 Å². The van der Waals surface area contributed by atoms with Gasteiger partial charge in [-0.15, -0.1) is 0 Å². The molecule has 28 heavy (non-hydrogen) atoms. The number of guanidine groups is 1. The van der Waals surface area contributed by atoms with Crippen molar-refractivity contribution >= 4 is 5.96 Å². The molecule has 0 amide bonds. The number of rotatable bonds is 11. The summed E-state index contributed by atoms with van der Waals surface area (Å²) in [6.45, 7) is 7.47. The topological polar surface area (TPSA) is 67.4 Å². The van der Waals surface area contributed by atoms with Crippen LogP contribution in [0.3, 0.4) is 0 Å². The van der Waals surface area contributed by atoms with Crippen molar-refractivity contribution in [3.05, 3.63) is 23.8 Å². The second kappa shape index (κ2) is 12.5. The predicted octanol–water partition coefficient (Wildman–Crippen LogP) is 1.91. The van der Waals surface area contributed by atoms with E-state index in [1.807, 2.05) is 12.1 Å². The van der Waals surface area contributed by atoms with Gasteiger partial charge in [-0.05, 0) is 50.4 Å². The van der Waals surface area contributed by atoms with Crippen molar-refractivity contribution in [1.82, 2.24) is 15.5 Å². The van der Waals surface area contributed by atoms with E-state index in [9.17, 15) is 0 Å². The molecule has 1 aromatic rings. The summed E-state index contributed by atoms with van der Waals surface area (Å²) >= 11 is 0. The number of hydrogen-bond acceptors (Lipinski definition) is 5. The molecule has 0 radical (unpaired) electrons. The number of nitrogens with zero attached hydrogens (tertiary/aromatic N) is 2. The summed E-state index contributed by atoms with van der Waals surface area (Å²) < 4.78 is 15.9. The van der Waals surface area contributed by atoms with Gasteiger partial charge in [-0.3, -0.25) is 9.89 Å². The maximum absolute atomic E-state index is 5.38. The van der Waals surface area contributed by atoms with Gasteiger partial charge >= 0.3 is 0 Å². The second-order valence-electron chi connectivity index (χ2n) is 6.91. The number of nitrogens with one attached hydrogen (secondary N) is 2. The Morgan fingerprint density at radius 3 is 2.71 bits per heavy atom. The van der Waals surface area contributed by atoms with E-state index >= 15 is 0 Å². The van der Waals surface area contributed by atoms with E-state index in [1.54, 1.807) is 21.3 Å². The first kappa shape index (κ1) is 22.3. The highest BCUT2D eigenvalue weighted by Crippen LogP contribution is 2.27. The Kier molecular flexibility index (Phi) is 9.93. The van der Waals surface area contributed by atoms with E-state index in [4.69, 9.17) is 19.2 Å². The number of methoxy groups -OCH3 is 3. The summed E-state index contributed by atoms with van der Waals surface area (Å²) in [6, 6.07) is 6.55. The molecule has 0 aromatic heterocycles. The van der Waals surface area contributed by atoms with Gasteiger partial charge in [0, 0.05) is 32.8 Å². The van der Waals surface area contributed by atoms with Gasteiger partial charge < -0.3 is 24.8 Å². The molecule has 158 valence electrons. The lowest BCUT2D eigenvalue weighted by molar-refractivity contribution is 0.142. The molecule has 1 aliphatic rings. The molecule has 0 aliphatic carbocycles. The maximum Gasteiger partial charge on any atom is 0.191 e. The zero-order valence-corrected chi connectivity index (χ0v) is 17.8. The van der Waals surface area contributed by atoms with Crippen molar-refractivity contribution in [2.45, 2.75) is 32.2 Å². The van der Waals surface area contributed by atoms with Gasteiger partial charge in [-0.25, -0.2) is 0 Å². The van der Waals surface area contributed by atoms with Gasteiger partial charge in [-0.1, -0.05) is 6.07 Å². The SMILES string of the molecule is CCNC(=NCC1CCCN1CCOC)NCCc1ccc(OC)c(OC)c1. The lowest BCUT2D eigenvalue weighted by atomic mass is 10.1. The van der Waals surface area contributed by atoms with E-state index in [0.717, 1.165) is 63.2 Å². The highest BCUT2D eigenvalue weighted by atomic mass is 16.5. The lowest BCUT2D eigenvalue weighted by Crippen LogP contribution is -2.40. The molecule has 1 atom stereocenters. The largest absolute Gasteiger partial charge is 0.493 e. The van der Waals surface area contributed by atoms with E-state index in [1.165, 1.54) is 18.4 Å². The van der Waals surface area contributed by atoms with Crippen LogP contribution in [-0.2, 0) is 11.2 Å². The van der Waals surface area contributed by atoms with Crippen molar-refractivity contribution in [2.75, 3.05) is 60.7 Å². The van der Waals surface area contributed by atoms with Gasteiger partial charge in [-0.2, -0.15) is 0 Å². The molecule has 1 aliphatic heterocycles. The summed E-state index contributed by atoms with van der Waals surface area (Å²) in [4.78, 5) is 7.30. The highest BCUT2D eigenvalue weighted by molar-refractivity contribution is 5.79. The minimum Gasteiger partial charge on any atom is -0.493 e. The smallest absolute Gasteiger partial charge is 0.191 e. The van der Waals surface area contributed by atoms with E-state index in [-0.39, 0.29) is 0 Å². The van der Waals surface area contributed by atoms with Crippen LogP contribution in [0.4, 0.5) is 0 Å². The zero-order valence-electron chi connectivity index (χ0n) is 17.8. The van der Waals surface area contributed by atoms with E-state index in [0.29, 0.717) is 6.04 Å². The standard InChI is InChI=1S/C21H36N4O3/c1-5-22-21(24-16-18-7-6-12-25(18)13-14-26-2)23-11-10-17-8-9-19(27-3)20(15-17)28-4/h8-9,15,18H,5-7,10-14,16H2,1-4H3,(H2,22,23,24). The molecule has 2 N–H and O–H groups in total. The van der Waals surface area contributed by atoms with Crippen LogP contribution < -0.4 is 20.1 Å². The first-order valence-corrected chi connectivity index (χ1v) is 10.2. The van der Waals surface area contributed by atoms with Crippen LogP contribution in [0.1, 0.15) is 25.3 Å². The lowest BCUT2D eigenvalue weighted by Gasteiger charge is -2.23. The first-order valence-electron chi connectivity index (χ1n) is 10.2. The fraction of sp³-hybridized carbons (Fsp3) is 0.667. The Balaban J connectivity index is 1.85. The summed E-state index contributed by atoms with van der Waals surface area (Å²) in [6.07, 6.45) is 3.33. The number of benzene rings is 1. The van der Waals surface area contributed by atoms with Crippen LogP contribution in [0.2, 0.25) is 0 Å². The van der Waals surface area contributed by atoms with Crippen LogP contribution in [-0.4, -0.2) is 77.6 Å². The molecule has 1 aromatic carbocycles. The van der Waals surface area contributed by atoms with E-state index in [2.05, 4.69) is 28.5 Å². The average molecular weight is 393 g/mol. The van der Waals surface area contributed by atoms with Crippen molar-refractivity contribution in [3.8, 4) is 11.5 Å². The zero-order chi connectivity index (χ0) is 20.2. The maximum atomic E-state index is 5.38. The number of ether oxygens (including phenoxy) is 3. The molecule has 2 rings (SSSR count). The molecule has 7 heteroatoms. The highest BCUT2D eigenvalue weighted by Gasteiger charge is 2.23. The van der Waals surface area contributed by atoms with Crippen molar-refractivity contribution in [3.63, 3.8) is 0 Å². The molecule has 0 spiro atoms. The van der Waals surface area contributed by atoms with Crippen LogP contribution in [0.5, 0.6) is 11.5 Å². The summed E-state index contributed by atoms with van der Waals surface area (Å²) in [5, 5.41) is 6.78. The second-order valence-corrected chi connectivity index (χ2v) is 6.91. The Hall–Kier alpha value is -1.99.